The molecule has 1 fully saturated rings. The number of aromatic amines is 1. The summed E-state index contributed by atoms with van der Waals surface area (Å²) in [7, 11) is 1.82. The summed E-state index contributed by atoms with van der Waals surface area (Å²) in [4.78, 5) is 25.5. The number of thiazole rings is 1. The topological polar surface area (TPSA) is 78.0 Å². The van der Waals surface area contributed by atoms with E-state index in [1.54, 1.807) is 16.2 Å². The number of amides is 1. The van der Waals surface area contributed by atoms with Crippen LogP contribution >= 0.6 is 11.3 Å². The molecule has 130 valence electrons. The van der Waals surface area contributed by atoms with Crippen molar-refractivity contribution in [3.8, 4) is 0 Å². The number of fused-ring (bicyclic) bond motifs is 1. The van der Waals surface area contributed by atoms with Crippen LogP contribution in [0.4, 0.5) is 5.13 Å². The highest BCUT2D eigenvalue weighted by molar-refractivity contribution is 7.22. The maximum Gasteiger partial charge on any atom is 0.225 e. The standard InChI is InChI=1S/C17H20N6OS/c1-22(10-15-18-11-19-21-15)16(24)12-6-8-23(9-7-12)17-20-13-4-2-3-5-14(13)25-17/h2-5,11-12H,6-10H2,1H3,(H,18,19,21). The SMILES string of the molecule is CN(Cc1ncn[nH]1)C(=O)C1CCN(c2nc3ccccc3s2)CC1. The van der Waals surface area contributed by atoms with Crippen LogP contribution in [0.15, 0.2) is 30.6 Å². The number of rotatable bonds is 4. The zero-order chi connectivity index (χ0) is 17.2. The predicted octanol–water partition coefficient (Wildman–Crippen LogP) is 2.29. The third-order valence-corrected chi connectivity index (χ3v) is 5.72. The third-order valence-electron chi connectivity index (χ3n) is 4.63. The van der Waals surface area contributed by atoms with Gasteiger partial charge in [-0.05, 0) is 25.0 Å². The lowest BCUT2D eigenvalue weighted by Gasteiger charge is -2.32. The van der Waals surface area contributed by atoms with Crippen LogP contribution in [0.3, 0.4) is 0 Å². The van der Waals surface area contributed by atoms with Gasteiger partial charge in [-0.25, -0.2) is 9.97 Å². The maximum absolute atomic E-state index is 12.6. The number of aromatic nitrogens is 4. The Labute approximate surface area is 149 Å². The number of nitrogens with one attached hydrogen (secondary N) is 1. The highest BCUT2D eigenvalue weighted by Gasteiger charge is 2.28. The quantitative estimate of drug-likeness (QED) is 0.776. The van der Waals surface area contributed by atoms with Crippen molar-refractivity contribution < 1.29 is 4.79 Å². The lowest BCUT2D eigenvalue weighted by molar-refractivity contribution is -0.135. The number of hydrogen-bond donors (Lipinski definition) is 1. The number of carbonyl (C=O) groups excluding carboxylic acids is 1. The predicted molar refractivity (Wildman–Crippen MR) is 97.4 cm³/mol. The van der Waals surface area contributed by atoms with Crippen molar-refractivity contribution in [1.82, 2.24) is 25.1 Å². The molecule has 1 N–H and O–H groups in total. The lowest BCUT2D eigenvalue weighted by Crippen LogP contribution is -2.41. The second-order valence-corrected chi connectivity index (χ2v) is 7.36. The molecular weight excluding hydrogens is 336 g/mol. The molecule has 0 unspecified atom stereocenters. The second-order valence-electron chi connectivity index (χ2n) is 6.35. The van der Waals surface area contributed by atoms with E-state index in [-0.39, 0.29) is 11.8 Å². The minimum atomic E-state index is 0.0681. The smallest absolute Gasteiger partial charge is 0.225 e. The summed E-state index contributed by atoms with van der Waals surface area (Å²) in [6.07, 6.45) is 3.18. The van der Waals surface area contributed by atoms with Crippen LogP contribution in [0, 0.1) is 5.92 Å². The molecule has 0 aliphatic carbocycles. The van der Waals surface area contributed by atoms with E-state index in [1.165, 1.54) is 11.0 Å². The van der Waals surface area contributed by atoms with E-state index in [2.05, 4.69) is 26.1 Å². The Balaban J connectivity index is 1.36. The molecule has 0 spiro atoms. The van der Waals surface area contributed by atoms with Gasteiger partial charge in [0, 0.05) is 26.1 Å². The summed E-state index contributed by atoms with van der Waals surface area (Å²) in [5.74, 6) is 0.960. The fourth-order valence-corrected chi connectivity index (χ4v) is 4.25. The van der Waals surface area contributed by atoms with Gasteiger partial charge in [0.25, 0.3) is 0 Å². The highest BCUT2D eigenvalue weighted by Crippen LogP contribution is 2.31. The molecule has 3 aromatic rings. The van der Waals surface area contributed by atoms with Crippen molar-refractivity contribution in [2.24, 2.45) is 5.92 Å². The fraction of sp³-hybridized carbons (Fsp3) is 0.412. The molecule has 0 saturated carbocycles. The molecule has 0 atom stereocenters. The zero-order valence-corrected chi connectivity index (χ0v) is 14.9. The number of piperidine rings is 1. The Bertz CT molecular complexity index is 820. The van der Waals surface area contributed by atoms with Gasteiger partial charge in [0.15, 0.2) is 5.13 Å². The molecule has 25 heavy (non-hydrogen) atoms. The first-order chi connectivity index (χ1) is 12.2. The summed E-state index contributed by atoms with van der Waals surface area (Å²) >= 11 is 1.72. The molecule has 1 amide bonds. The summed E-state index contributed by atoms with van der Waals surface area (Å²) in [6.45, 7) is 2.20. The minimum Gasteiger partial charge on any atom is -0.348 e. The molecule has 3 heterocycles. The second kappa shape index (κ2) is 6.79. The van der Waals surface area contributed by atoms with Gasteiger partial charge >= 0.3 is 0 Å². The Morgan fingerprint density at radius 2 is 2.16 bits per heavy atom. The Hall–Kier alpha value is -2.48. The van der Waals surface area contributed by atoms with Gasteiger partial charge in [-0.1, -0.05) is 23.5 Å². The van der Waals surface area contributed by atoms with E-state index in [1.807, 2.05) is 25.2 Å². The van der Waals surface area contributed by atoms with E-state index >= 15 is 0 Å². The summed E-state index contributed by atoms with van der Waals surface area (Å²) in [5.41, 5.74) is 1.05. The largest absolute Gasteiger partial charge is 0.348 e. The summed E-state index contributed by atoms with van der Waals surface area (Å²) in [5, 5.41) is 7.68. The number of benzene rings is 1. The number of nitrogens with zero attached hydrogens (tertiary/aromatic N) is 5. The molecule has 0 radical (unpaired) electrons. The molecule has 7 nitrogen and oxygen atoms in total. The van der Waals surface area contributed by atoms with Gasteiger partial charge in [-0.15, -0.1) is 0 Å². The van der Waals surface area contributed by atoms with Gasteiger partial charge in [0.1, 0.15) is 12.2 Å². The van der Waals surface area contributed by atoms with E-state index < -0.39 is 0 Å². The van der Waals surface area contributed by atoms with Crippen LogP contribution in [0.5, 0.6) is 0 Å². The van der Waals surface area contributed by atoms with Crippen molar-refractivity contribution in [1.29, 1.82) is 0 Å². The first kappa shape index (κ1) is 16.0. The fourth-order valence-electron chi connectivity index (χ4n) is 3.23. The molecule has 4 rings (SSSR count). The van der Waals surface area contributed by atoms with Gasteiger partial charge in [-0.2, -0.15) is 5.10 Å². The van der Waals surface area contributed by atoms with E-state index in [0.29, 0.717) is 12.4 Å². The minimum absolute atomic E-state index is 0.0681. The van der Waals surface area contributed by atoms with Crippen molar-refractivity contribution in [2.45, 2.75) is 19.4 Å². The van der Waals surface area contributed by atoms with Crippen LogP contribution in [0.25, 0.3) is 10.2 Å². The number of carbonyl (C=O) groups is 1. The van der Waals surface area contributed by atoms with Crippen LogP contribution in [0.1, 0.15) is 18.7 Å². The number of para-hydroxylation sites is 1. The van der Waals surface area contributed by atoms with Gasteiger partial charge < -0.3 is 9.80 Å². The highest BCUT2D eigenvalue weighted by atomic mass is 32.1. The van der Waals surface area contributed by atoms with Crippen molar-refractivity contribution in [2.75, 3.05) is 25.0 Å². The molecule has 0 bridgehead atoms. The maximum atomic E-state index is 12.6. The number of hydrogen-bond acceptors (Lipinski definition) is 6. The van der Waals surface area contributed by atoms with Gasteiger partial charge in [0.05, 0.1) is 16.8 Å². The van der Waals surface area contributed by atoms with E-state index in [0.717, 1.165) is 36.6 Å². The van der Waals surface area contributed by atoms with E-state index in [4.69, 9.17) is 4.98 Å². The zero-order valence-electron chi connectivity index (χ0n) is 14.1. The Kier molecular flexibility index (Phi) is 4.35. The van der Waals surface area contributed by atoms with Gasteiger partial charge in [0.2, 0.25) is 5.91 Å². The Morgan fingerprint density at radius 1 is 1.36 bits per heavy atom. The molecule has 1 aliphatic rings. The first-order valence-electron chi connectivity index (χ1n) is 8.40. The molecule has 1 aliphatic heterocycles. The number of H-pyrrole nitrogens is 1. The van der Waals surface area contributed by atoms with Gasteiger partial charge in [-0.3, -0.25) is 9.89 Å². The molecule has 8 heteroatoms. The monoisotopic (exact) mass is 356 g/mol. The van der Waals surface area contributed by atoms with Crippen molar-refractivity contribution in [3.05, 3.63) is 36.4 Å². The van der Waals surface area contributed by atoms with Crippen LogP contribution in [-0.2, 0) is 11.3 Å². The first-order valence-corrected chi connectivity index (χ1v) is 9.22. The molecule has 2 aromatic heterocycles. The number of anilines is 1. The summed E-state index contributed by atoms with van der Waals surface area (Å²) in [6, 6.07) is 8.20. The lowest BCUT2D eigenvalue weighted by atomic mass is 9.95. The summed E-state index contributed by atoms with van der Waals surface area (Å²) < 4.78 is 1.21. The average Bonchev–Trinajstić information content (AvgIpc) is 3.30. The van der Waals surface area contributed by atoms with E-state index in [9.17, 15) is 4.79 Å². The Morgan fingerprint density at radius 3 is 2.88 bits per heavy atom. The van der Waals surface area contributed by atoms with Crippen molar-refractivity contribution >= 4 is 32.6 Å². The van der Waals surface area contributed by atoms with Crippen LogP contribution in [-0.4, -0.2) is 51.1 Å². The molecule has 1 aromatic carbocycles. The van der Waals surface area contributed by atoms with Crippen LogP contribution < -0.4 is 4.90 Å². The molecule has 1 saturated heterocycles. The normalized spacial score (nSPS) is 15.6. The average molecular weight is 356 g/mol. The third kappa shape index (κ3) is 3.34. The van der Waals surface area contributed by atoms with Crippen LogP contribution in [0.2, 0.25) is 0 Å². The van der Waals surface area contributed by atoms with Crippen molar-refractivity contribution in [3.63, 3.8) is 0 Å². The molecular formula is C17H20N6OS.